The van der Waals surface area contributed by atoms with Gasteiger partial charge in [-0.25, -0.2) is 0 Å². The fraction of sp³-hybridized carbons (Fsp3) is 0.212. The summed E-state index contributed by atoms with van der Waals surface area (Å²) < 4.78 is 6.04. The fourth-order valence-electron chi connectivity index (χ4n) is 4.37. The summed E-state index contributed by atoms with van der Waals surface area (Å²) in [5.74, 6) is 0.890. The van der Waals surface area contributed by atoms with Gasteiger partial charge in [-0.2, -0.15) is 0 Å². The fourth-order valence-corrected chi connectivity index (χ4v) is 4.37. The molecule has 2 nitrogen and oxygen atoms in total. The van der Waals surface area contributed by atoms with E-state index in [4.69, 9.17) is 4.74 Å². The number of hydrogen-bond acceptors (Lipinski definition) is 2. The van der Waals surface area contributed by atoms with E-state index in [-0.39, 0.29) is 6.61 Å². The van der Waals surface area contributed by atoms with E-state index in [0.717, 1.165) is 37.0 Å². The van der Waals surface area contributed by atoms with Crippen LogP contribution in [0.5, 0.6) is 5.75 Å². The Hall–Kier alpha value is -3.62. The molecule has 0 fully saturated rings. The zero-order valence-corrected chi connectivity index (χ0v) is 20.5. The summed E-state index contributed by atoms with van der Waals surface area (Å²) in [6, 6.07) is 38.2. The monoisotopic (exact) mass is 462 g/mol. The third kappa shape index (κ3) is 6.94. The molecule has 1 N–H and O–H groups in total. The molecule has 0 heterocycles. The van der Waals surface area contributed by atoms with Crippen molar-refractivity contribution < 1.29 is 9.84 Å². The second-order valence-corrected chi connectivity index (χ2v) is 8.87. The lowest BCUT2D eigenvalue weighted by Gasteiger charge is -2.18. The van der Waals surface area contributed by atoms with E-state index in [0.29, 0.717) is 6.61 Å². The van der Waals surface area contributed by atoms with E-state index in [1.54, 1.807) is 0 Å². The van der Waals surface area contributed by atoms with Crippen LogP contribution in [0.25, 0.3) is 11.1 Å². The van der Waals surface area contributed by atoms with Gasteiger partial charge in [0.05, 0.1) is 6.61 Å². The standard InChI is InChI=1S/C33H34O2/c1-26-16-18-29(19-17-26)33(32(15-8-24-34)28-13-6-3-7-14-28)30-20-22-31(23-21-30)35-25-9-12-27-10-4-2-5-11-27/h2-7,10-11,13-14,16-23,34H,8-9,12,15,24-25H2,1H3/b33-32-. The van der Waals surface area contributed by atoms with E-state index < -0.39 is 0 Å². The highest BCUT2D eigenvalue weighted by molar-refractivity contribution is 5.98. The van der Waals surface area contributed by atoms with Crippen LogP contribution in [0.15, 0.2) is 109 Å². The number of aliphatic hydroxyl groups is 1. The van der Waals surface area contributed by atoms with Crippen LogP contribution >= 0.6 is 0 Å². The second kappa shape index (κ2) is 12.7. The lowest BCUT2D eigenvalue weighted by atomic mass is 9.87. The van der Waals surface area contributed by atoms with Crippen molar-refractivity contribution >= 4 is 11.1 Å². The Morgan fingerprint density at radius 1 is 0.657 bits per heavy atom. The first kappa shape index (κ1) is 24.5. The van der Waals surface area contributed by atoms with Crippen molar-refractivity contribution in [3.05, 3.63) is 137 Å². The first-order chi connectivity index (χ1) is 17.2. The number of rotatable bonds is 11. The van der Waals surface area contributed by atoms with Crippen LogP contribution in [-0.4, -0.2) is 18.3 Å². The maximum absolute atomic E-state index is 9.59. The molecular formula is C33H34O2. The van der Waals surface area contributed by atoms with Gasteiger partial charge in [0.25, 0.3) is 0 Å². The van der Waals surface area contributed by atoms with Crippen molar-refractivity contribution in [2.45, 2.75) is 32.6 Å². The normalized spacial score (nSPS) is 11.7. The van der Waals surface area contributed by atoms with E-state index in [1.165, 1.54) is 33.4 Å². The Morgan fingerprint density at radius 3 is 1.89 bits per heavy atom. The highest BCUT2D eigenvalue weighted by Crippen LogP contribution is 2.36. The van der Waals surface area contributed by atoms with Crippen LogP contribution in [0.1, 0.15) is 47.1 Å². The smallest absolute Gasteiger partial charge is 0.119 e. The second-order valence-electron chi connectivity index (χ2n) is 8.87. The number of benzene rings is 4. The van der Waals surface area contributed by atoms with Crippen LogP contribution in [0.3, 0.4) is 0 Å². The Morgan fingerprint density at radius 2 is 1.26 bits per heavy atom. The predicted octanol–water partition coefficient (Wildman–Crippen LogP) is 7.74. The summed E-state index contributed by atoms with van der Waals surface area (Å²) in [5, 5.41) is 9.59. The molecule has 0 radical (unpaired) electrons. The topological polar surface area (TPSA) is 29.5 Å². The van der Waals surface area contributed by atoms with Crippen LogP contribution in [0, 0.1) is 6.92 Å². The van der Waals surface area contributed by atoms with Crippen molar-refractivity contribution in [1.82, 2.24) is 0 Å². The highest BCUT2D eigenvalue weighted by Gasteiger charge is 2.14. The van der Waals surface area contributed by atoms with Crippen molar-refractivity contribution in [2.24, 2.45) is 0 Å². The van der Waals surface area contributed by atoms with Crippen LogP contribution < -0.4 is 4.74 Å². The lowest BCUT2D eigenvalue weighted by molar-refractivity contribution is 0.290. The van der Waals surface area contributed by atoms with Crippen molar-refractivity contribution in [1.29, 1.82) is 0 Å². The largest absolute Gasteiger partial charge is 0.494 e. The van der Waals surface area contributed by atoms with Crippen molar-refractivity contribution in [2.75, 3.05) is 13.2 Å². The zero-order chi connectivity index (χ0) is 24.3. The summed E-state index contributed by atoms with van der Waals surface area (Å²) in [6.45, 7) is 2.98. The first-order valence-electron chi connectivity index (χ1n) is 12.5. The third-order valence-electron chi connectivity index (χ3n) is 6.21. The molecule has 0 spiro atoms. The third-order valence-corrected chi connectivity index (χ3v) is 6.21. The quantitative estimate of drug-likeness (QED) is 0.182. The number of ether oxygens (including phenoxy) is 1. The molecule has 0 bridgehead atoms. The molecule has 0 aliphatic rings. The number of hydrogen-bond donors (Lipinski definition) is 1. The zero-order valence-electron chi connectivity index (χ0n) is 20.5. The molecule has 4 aromatic carbocycles. The molecule has 4 aromatic rings. The van der Waals surface area contributed by atoms with Crippen molar-refractivity contribution in [3.8, 4) is 5.75 Å². The average Bonchev–Trinajstić information content (AvgIpc) is 2.91. The molecule has 4 rings (SSSR count). The molecule has 35 heavy (non-hydrogen) atoms. The van der Waals surface area contributed by atoms with Gasteiger partial charge in [-0.15, -0.1) is 0 Å². The molecule has 0 atom stereocenters. The van der Waals surface area contributed by atoms with Gasteiger partial charge >= 0.3 is 0 Å². The Kier molecular flexibility index (Phi) is 8.91. The van der Waals surface area contributed by atoms with E-state index in [9.17, 15) is 5.11 Å². The minimum Gasteiger partial charge on any atom is -0.494 e. The SMILES string of the molecule is Cc1ccc(/C(=C(\CCCO)c2ccccc2)c2ccc(OCCCc3ccccc3)cc2)cc1. The number of allylic oxidation sites excluding steroid dienone is 1. The maximum atomic E-state index is 9.59. The van der Waals surface area contributed by atoms with E-state index in [2.05, 4.69) is 104 Å². The van der Waals surface area contributed by atoms with E-state index >= 15 is 0 Å². The van der Waals surface area contributed by atoms with Gasteiger partial charge in [-0.3, -0.25) is 0 Å². The van der Waals surface area contributed by atoms with Gasteiger partial charge in [-0.1, -0.05) is 103 Å². The van der Waals surface area contributed by atoms with Crippen LogP contribution in [-0.2, 0) is 6.42 Å². The first-order valence-corrected chi connectivity index (χ1v) is 12.5. The van der Waals surface area contributed by atoms with E-state index in [1.807, 2.05) is 12.1 Å². The molecule has 0 aliphatic carbocycles. The van der Waals surface area contributed by atoms with Crippen molar-refractivity contribution in [3.63, 3.8) is 0 Å². The molecule has 0 saturated carbocycles. The molecular weight excluding hydrogens is 428 g/mol. The van der Waals surface area contributed by atoms with Crippen LogP contribution in [0.2, 0.25) is 0 Å². The summed E-state index contributed by atoms with van der Waals surface area (Å²) in [6.07, 6.45) is 3.54. The minimum absolute atomic E-state index is 0.174. The maximum Gasteiger partial charge on any atom is 0.119 e. The molecule has 0 amide bonds. The molecule has 0 unspecified atom stereocenters. The van der Waals surface area contributed by atoms with Gasteiger partial charge in [0.1, 0.15) is 5.75 Å². The lowest BCUT2D eigenvalue weighted by Crippen LogP contribution is -2.00. The van der Waals surface area contributed by atoms with Crippen LogP contribution in [0.4, 0.5) is 0 Å². The predicted molar refractivity (Wildman–Crippen MR) is 147 cm³/mol. The molecule has 0 saturated heterocycles. The highest BCUT2D eigenvalue weighted by atomic mass is 16.5. The Balaban J connectivity index is 1.59. The summed E-state index contributed by atoms with van der Waals surface area (Å²) in [4.78, 5) is 0. The number of aliphatic hydroxyl groups excluding tert-OH is 1. The van der Waals surface area contributed by atoms with Gasteiger partial charge in [0, 0.05) is 6.61 Å². The van der Waals surface area contributed by atoms with Gasteiger partial charge < -0.3 is 9.84 Å². The number of aryl methyl sites for hydroxylation is 2. The summed E-state index contributed by atoms with van der Waals surface area (Å²) in [7, 11) is 0. The van der Waals surface area contributed by atoms with Gasteiger partial charge in [0.2, 0.25) is 0 Å². The Labute approximate surface area is 209 Å². The molecule has 178 valence electrons. The average molecular weight is 463 g/mol. The Bertz CT molecular complexity index is 1190. The molecule has 0 aliphatic heterocycles. The molecule has 2 heteroatoms. The summed E-state index contributed by atoms with van der Waals surface area (Å²) >= 11 is 0. The van der Waals surface area contributed by atoms with Gasteiger partial charge in [-0.05, 0) is 78.1 Å². The van der Waals surface area contributed by atoms with Gasteiger partial charge in [0.15, 0.2) is 0 Å². The molecule has 0 aromatic heterocycles. The summed E-state index contributed by atoms with van der Waals surface area (Å²) in [5.41, 5.74) is 8.57. The minimum atomic E-state index is 0.174.